The molecule has 0 bridgehead atoms. The van der Waals surface area contributed by atoms with E-state index in [-0.39, 0.29) is 0 Å². The highest BCUT2D eigenvalue weighted by Gasteiger charge is 1.96. The van der Waals surface area contributed by atoms with E-state index in [1.54, 1.807) is 0 Å². The van der Waals surface area contributed by atoms with Gasteiger partial charge in [-0.3, -0.25) is 0 Å². The Hall–Kier alpha value is -0.780. The predicted octanol–water partition coefficient (Wildman–Crippen LogP) is 6.80. The highest BCUT2D eigenvalue weighted by molar-refractivity contribution is 5.21. The monoisotopic (exact) mass is 273 g/mol. The van der Waals surface area contributed by atoms with E-state index in [1.165, 1.54) is 69.8 Å². The quantitative estimate of drug-likeness (QED) is 0.367. The Bertz CT molecular complexity index is 299. The molecule has 0 atom stereocenters. The van der Waals surface area contributed by atoms with Crippen molar-refractivity contribution < 1.29 is 0 Å². The standard InChI is InChI=1S/C20H33/c1-19(2)15-11-8-6-4-3-5-7-9-12-16-20-17-13-10-14-18-20/h10,13-14,16-19H,3-9,11-12,15H2,1-2H3. The largest absolute Gasteiger partial charge is 0.0628 e. The van der Waals surface area contributed by atoms with Crippen LogP contribution in [0.5, 0.6) is 0 Å². The first-order chi connectivity index (χ1) is 9.79. The van der Waals surface area contributed by atoms with E-state index in [2.05, 4.69) is 50.6 Å². The molecule has 1 aromatic carbocycles. The summed E-state index contributed by atoms with van der Waals surface area (Å²) in [4.78, 5) is 0. The van der Waals surface area contributed by atoms with Crippen LogP contribution >= 0.6 is 0 Å². The molecule has 0 saturated heterocycles. The molecule has 0 saturated carbocycles. The fourth-order valence-corrected chi connectivity index (χ4v) is 2.62. The molecule has 1 aromatic rings. The first kappa shape index (κ1) is 17.3. The van der Waals surface area contributed by atoms with Gasteiger partial charge >= 0.3 is 0 Å². The third-order valence-corrected chi connectivity index (χ3v) is 3.92. The van der Waals surface area contributed by atoms with Crippen LogP contribution in [0, 0.1) is 12.3 Å². The summed E-state index contributed by atoms with van der Waals surface area (Å²) in [5, 5.41) is 0. The minimum absolute atomic E-state index is 0.885. The molecule has 1 radical (unpaired) electrons. The van der Waals surface area contributed by atoms with Crippen molar-refractivity contribution in [1.82, 2.24) is 0 Å². The average molecular weight is 273 g/mol. The zero-order valence-corrected chi connectivity index (χ0v) is 13.6. The van der Waals surface area contributed by atoms with Crippen LogP contribution < -0.4 is 0 Å². The molecular formula is C20H33. The first-order valence-electron chi connectivity index (χ1n) is 8.67. The minimum atomic E-state index is 0.885. The molecular weight excluding hydrogens is 240 g/mol. The molecule has 0 N–H and O–H groups in total. The summed E-state index contributed by atoms with van der Waals surface area (Å²) >= 11 is 0. The summed E-state index contributed by atoms with van der Waals surface area (Å²) in [7, 11) is 0. The highest BCUT2D eigenvalue weighted by Crippen LogP contribution is 2.14. The molecule has 113 valence electrons. The summed E-state index contributed by atoms with van der Waals surface area (Å²) in [6, 6.07) is 10.7. The van der Waals surface area contributed by atoms with Gasteiger partial charge in [-0.25, -0.2) is 0 Å². The van der Waals surface area contributed by atoms with E-state index in [9.17, 15) is 0 Å². The lowest BCUT2D eigenvalue weighted by molar-refractivity contribution is 0.507. The van der Waals surface area contributed by atoms with Gasteiger partial charge in [0.1, 0.15) is 0 Å². The zero-order chi connectivity index (χ0) is 14.5. The molecule has 0 spiro atoms. The molecule has 0 amide bonds. The highest BCUT2D eigenvalue weighted by atomic mass is 14.0. The molecule has 20 heavy (non-hydrogen) atoms. The second-order valence-corrected chi connectivity index (χ2v) is 6.41. The maximum Gasteiger partial charge on any atom is -0.00931 e. The van der Waals surface area contributed by atoms with Crippen LogP contribution in [0.2, 0.25) is 0 Å². The fraction of sp³-hybridized carbons (Fsp3) is 0.650. The normalized spacial score (nSPS) is 11.2. The Balaban J connectivity index is 1.79. The molecule has 0 aliphatic rings. The van der Waals surface area contributed by atoms with Crippen LogP contribution in [-0.4, -0.2) is 0 Å². The summed E-state index contributed by atoms with van der Waals surface area (Å²) in [5.74, 6) is 0.885. The Morgan fingerprint density at radius 1 is 0.750 bits per heavy atom. The third-order valence-electron chi connectivity index (χ3n) is 3.92. The molecule has 0 aromatic heterocycles. The van der Waals surface area contributed by atoms with Crippen LogP contribution in [0.25, 0.3) is 0 Å². The Morgan fingerprint density at radius 3 is 1.90 bits per heavy atom. The number of hydrogen-bond acceptors (Lipinski definition) is 0. The molecule has 0 unspecified atom stereocenters. The Kier molecular flexibility index (Phi) is 10.4. The van der Waals surface area contributed by atoms with E-state index in [0.29, 0.717) is 0 Å². The average Bonchev–Trinajstić information content (AvgIpc) is 2.45. The Labute approximate surface area is 127 Å². The predicted molar refractivity (Wildman–Crippen MR) is 90.9 cm³/mol. The topological polar surface area (TPSA) is 0 Å². The Morgan fingerprint density at radius 2 is 1.30 bits per heavy atom. The lowest BCUT2D eigenvalue weighted by Gasteiger charge is -2.04. The van der Waals surface area contributed by atoms with Gasteiger partial charge in [-0.1, -0.05) is 102 Å². The summed E-state index contributed by atoms with van der Waals surface area (Å²) in [5.41, 5.74) is 1.37. The zero-order valence-electron chi connectivity index (χ0n) is 13.6. The van der Waals surface area contributed by atoms with Gasteiger partial charge in [0.2, 0.25) is 0 Å². The van der Waals surface area contributed by atoms with Crippen LogP contribution in [-0.2, 0) is 0 Å². The third kappa shape index (κ3) is 10.1. The van der Waals surface area contributed by atoms with Crippen molar-refractivity contribution in [1.29, 1.82) is 0 Å². The van der Waals surface area contributed by atoms with Crippen molar-refractivity contribution >= 4 is 0 Å². The maximum absolute atomic E-state index is 2.37. The van der Waals surface area contributed by atoms with Crippen LogP contribution in [0.15, 0.2) is 30.3 Å². The van der Waals surface area contributed by atoms with E-state index in [1.807, 2.05) is 0 Å². The van der Waals surface area contributed by atoms with Gasteiger partial charge in [-0.05, 0) is 24.3 Å². The molecule has 1 rings (SSSR count). The number of unbranched alkanes of at least 4 members (excludes halogenated alkanes) is 8. The molecule has 0 aliphatic heterocycles. The van der Waals surface area contributed by atoms with Crippen molar-refractivity contribution in [3.05, 3.63) is 42.3 Å². The summed E-state index contributed by atoms with van der Waals surface area (Å²) in [6.07, 6.45) is 16.4. The molecule has 0 nitrogen and oxygen atoms in total. The molecule has 0 heterocycles. The van der Waals surface area contributed by atoms with Gasteiger partial charge in [0.25, 0.3) is 0 Å². The number of benzene rings is 1. The van der Waals surface area contributed by atoms with E-state index in [4.69, 9.17) is 0 Å². The van der Waals surface area contributed by atoms with Gasteiger partial charge in [0.15, 0.2) is 0 Å². The lowest BCUT2D eigenvalue weighted by atomic mass is 10.0. The van der Waals surface area contributed by atoms with Crippen molar-refractivity contribution in [3.63, 3.8) is 0 Å². The van der Waals surface area contributed by atoms with E-state index in [0.717, 1.165) is 5.92 Å². The van der Waals surface area contributed by atoms with E-state index < -0.39 is 0 Å². The lowest BCUT2D eigenvalue weighted by Crippen LogP contribution is -1.87. The van der Waals surface area contributed by atoms with E-state index >= 15 is 0 Å². The van der Waals surface area contributed by atoms with Crippen LogP contribution in [0.1, 0.15) is 83.6 Å². The van der Waals surface area contributed by atoms with Crippen molar-refractivity contribution in [2.24, 2.45) is 5.92 Å². The maximum atomic E-state index is 2.37. The summed E-state index contributed by atoms with van der Waals surface area (Å²) in [6.45, 7) is 4.65. The van der Waals surface area contributed by atoms with Gasteiger partial charge in [-0.15, -0.1) is 0 Å². The van der Waals surface area contributed by atoms with Crippen molar-refractivity contribution in [2.75, 3.05) is 0 Å². The second kappa shape index (κ2) is 12.0. The van der Waals surface area contributed by atoms with Gasteiger partial charge in [0.05, 0.1) is 0 Å². The second-order valence-electron chi connectivity index (χ2n) is 6.41. The molecule has 0 heteroatoms. The van der Waals surface area contributed by atoms with Crippen molar-refractivity contribution in [2.45, 2.75) is 78.1 Å². The number of rotatable bonds is 12. The minimum Gasteiger partial charge on any atom is -0.0628 e. The molecule has 0 fully saturated rings. The summed E-state index contributed by atoms with van der Waals surface area (Å²) < 4.78 is 0. The van der Waals surface area contributed by atoms with Gasteiger partial charge < -0.3 is 0 Å². The molecule has 0 aliphatic carbocycles. The van der Waals surface area contributed by atoms with Crippen LogP contribution in [0.4, 0.5) is 0 Å². The smallest absolute Gasteiger partial charge is 0.00931 e. The van der Waals surface area contributed by atoms with Gasteiger partial charge in [-0.2, -0.15) is 0 Å². The fourth-order valence-electron chi connectivity index (χ4n) is 2.62. The van der Waals surface area contributed by atoms with Crippen molar-refractivity contribution in [3.8, 4) is 0 Å². The number of hydrogen-bond donors (Lipinski definition) is 0. The van der Waals surface area contributed by atoms with Gasteiger partial charge in [0, 0.05) is 0 Å². The SMILES string of the molecule is CC(C)CCCCCCCCCC[CH]c1ccccc1. The first-order valence-corrected chi connectivity index (χ1v) is 8.67. The van der Waals surface area contributed by atoms with Crippen LogP contribution in [0.3, 0.4) is 0 Å².